The summed E-state index contributed by atoms with van der Waals surface area (Å²) in [5.74, 6) is 0. The Bertz CT molecular complexity index is 358. The molecule has 0 aromatic rings. The van der Waals surface area contributed by atoms with Gasteiger partial charge in [0.15, 0.2) is 0 Å². The molecule has 2 heterocycles. The third-order valence-corrected chi connectivity index (χ3v) is 5.70. The van der Waals surface area contributed by atoms with Gasteiger partial charge in [0.25, 0.3) is 10.2 Å². The zero-order valence-electron chi connectivity index (χ0n) is 11.2. The first-order chi connectivity index (χ1) is 8.52. The van der Waals surface area contributed by atoms with Gasteiger partial charge < -0.3 is 5.32 Å². The van der Waals surface area contributed by atoms with Crippen molar-refractivity contribution in [1.82, 2.24) is 14.3 Å². The Hall–Kier alpha value is -0.170. The number of hydrogen-bond acceptors (Lipinski definition) is 3. The lowest BCUT2D eigenvalue weighted by molar-refractivity contribution is 0.229. The minimum Gasteiger partial charge on any atom is -0.317 e. The van der Waals surface area contributed by atoms with Crippen LogP contribution in [0.1, 0.15) is 39.0 Å². The van der Waals surface area contributed by atoms with Crippen LogP contribution in [0.5, 0.6) is 0 Å². The fourth-order valence-electron chi connectivity index (χ4n) is 2.67. The Morgan fingerprint density at radius 3 is 2.39 bits per heavy atom. The van der Waals surface area contributed by atoms with Crippen molar-refractivity contribution in [2.24, 2.45) is 5.41 Å². The Balaban J connectivity index is 1.87. The van der Waals surface area contributed by atoms with Gasteiger partial charge in [-0.15, -0.1) is 0 Å². The van der Waals surface area contributed by atoms with Gasteiger partial charge in [-0.05, 0) is 44.2 Å². The van der Waals surface area contributed by atoms with E-state index in [0.29, 0.717) is 19.6 Å². The van der Waals surface area contributed by atoms with Crippen molar-refractivity contribution in [1.29, 1.82) is 0 Å². The minimum absolute atomic E-state index is 0.105. The number of rotatable bonds is 4. The molecule has 0 amide bonds. The molecule has 0 atom stereocenters. The van der Waals surface area contributed by atoms with Gasteiger partial charge in [-0.3, -0.25) is 0 Å². The van der Waals surface area contributed by atoms with Crippen LogP contribution >= 0.6 is 0 Å². The van der Waals surface area contributed by atoms with Crippen LogP contribution in [-0.4, -0.2) is 45.4 Å². The molecule has 106 valence electrons. The first-order valence-corrected chi connectivity index (χ1v) is 8.41. The Kier molecular flexibility index (Phi) is 4.64. The molecule has 2 aliphatic heterocycles. The van der Waals surface area contributed by atoms with Crippen molar-refractivity contribution in [3.8, 4) is 0 Å². The minimum atomic E-state index is -3.26. The lowest BCUT2D eigenvalue weighted by Gasteiger charge is -2.35. The van der Waals surface area contributed by atoms with E-state index in [2.05, 4.69) is 17.0 Å². The second-order valence-electron chi connectivity index (χ2n) is 5.85. The molecule has 2 aliphatic rings. The van der Waals surface area contributed by atoms with Crippen molar-refractivity contribution in [2.75, 3.05) is 32.7 Å². The highest BCUT2D eigenvalue weighted by Crippen LogP contribution is 2.27. The van der Waals surface area contributed by atoms with Crippen LogP contribution in [0.25, 0.3) is 0 Å². The summed E-state index contributed by atoms with van der Waals surface area (Å²) in [4.78, 5) is 0. The van der Waals surface area contributed by atoms with Crippen LogP contribution < -0.4 is 10.0 Å². The summed E-state index contributed by atoms with van der Waals surface area (Å²) in [6.07, 6.45) is 5.20. The first-order valence-electron chi connectivity index (χ1n) is 6.97. The maximum atomic E-state index is 12.2. The second-order valence-corrected chi connectivity index (χ2v) is 7.60. The van der Waals surface area contributed by atoms with Crippen molar-refractivity contribution >= 4 is 10.2 Å². The smallest absolute Gasteiger partial charge is 0.279 e. The molecular weight excluding hydrogens is 250 g/mol. The first kappa shape index (κ1) is 14.2. The van der Waals surface area contributed by atoms with Gasteiger partial charge in [-0.25, -0.2) is 4.72 Å². The van der Waals surface area contributed by atoms with E-state index in [1.54, 1.807) is 4.31 Å². The molecule has 2 N–H and O–H groups in total. The average molecular weight is 275 g/mol. The highest BCUT2D eigenvalue weighted by atomic mass is 32.2. The molecular formula is C12H25N3O2S. The molecule has 0 bridgehead atoms. The summed E-state index contributed by atoms with van der Waals surface area (Å²) in [6, 6.07) is 0. The summed E-state index contributed by atoms with van der Waals surface area (Å²) >= 11 is 0. The molecule has 2 saturated heterocycles. The number of nitrogens with one attached hydrogen (secondary N) is 2. The SMILES string of the molecule is CC1(CNS(=O)(=O)N2CCCCC2)CCNCC1. The van der Waals surface area contributed by atoms with Crippen LogP contribution in [0.4, 0.5) is 0 Å². The van der Waals surface area contributed by atoms with Crippen molar-refractivity contribution < 1.29 is 8.42 Å². The topological polar surface area (TPSA) is 61.4 Å². The third kappa shape index (κ3) is 3.66. The van der Waals surface area contributed by atoms with Gasteiger partial charge >= 0.3 is 0 Å². The van der Waals surface area contributed by atoms with Gasteiger partial charge in [0.2, 0.25) is 0 Å². The van der Waals surface area contributed by atoms with Gasteiger partial charge in [-0.2, -0.15) is 12.7 Å². The molecule has 6 heteroatoms. The Morgan fingerprint density at radius 2 is 1.78 bits per heavy atom. The second kappa shape index (κ2) is 5.86. The lowest BCUT2D eigenvalue weighted by Crippen LogP contribution is -2.48. The Labute approximate surface area is 110 Å². The number of nitrogens with zero attached hydrogens (tertiary/aromatic N) is 1. The van der Waals surface area contributed by atoms with E-state index in [1.165, 1.54) is 0 Å². The van der Waals surface area contributed by atoms with E-state index in [0.717, 1.165) is 45.2 Å². The van der Waals surface area contributed by atoms with Gasteiger partial charge in [0, 0.05) is 19.6 Å². The molecule has 0 spiro atoms. The van der Waals surface area contributed by atoms with Crippen molar-refractivity contribution in [3.05, 3.63) is 0 Å². The molecule has 18 heavy (non-hydrogen) atoms. The van der Waals surface area contributed by atoms with E-state index in [9.17, 15) is 8.42 Å². The molecule has 0 aromatic heterocycles. The fourth-order valence-corrected chi connectivity index (χ4v) is 4.12. The van der Waals surface area contributed by atoms with E-state index in [-0.39, 0.29) is 5.41 Å². The molecule has 0 radical (unpaired) electrons. The highest BCUT2D eigenvalue weighted by Gasteiger charge is 2.30. The monoisotopic (exact) mass is 275 g/mol. The highest BCUT2D eigenvalue weighted by molar-refractivity contribution is 7.87. The van der Waals surface area contributed by atoms with Crippen LogP contribution in [-0.2, 0) is 10.2 Å². The van der Waals surface area contributed by atoms with Crippen molar-refractivity contribution in [2.45, 2.75) is 39.0 Å². The average Bonchev–Trinajstić information content (AvgIpc) is 2.39. The van der Waals surface area contributed by atoms with Gasteiger partial charge in [0.05, 0.1) is 0 Å². The van der Waals surface area contributed by atoms with Crippen LogP contribution in [0, 0.1) is 5.41 Å². The lowest BCUT2D eigenvalue weighted by atomic mass is 9.81. The summed E-state index contributed by atoms with van der Waals surface area (Å²) < 4.78 is 28.7. The van der Waals surface area contributed by atoms with E-state index >= 15 is 0 Å². The summed E-state index contributed by atoms with van der Waals surface area (Å²) in [5.41, 5.74) is 0.105. The maximum absolute atomic E-state index is 12.2. The van der Waals surface area contributed by atoms with Gasteiger partial charge in [0.1, 0.15) is 0 Å². The standard InChI is InChI=1S/C12H25N3O2S/c1-12(5-7-13-8-6-12)11-14-18(16,17)15-9-3-2-4-10-15/h13-14H,2-11H2,1H3. The summed E-state index contributed by atoms with van der Waals surface area (Å²) in [7, 11) is -3.26. The van der Waals surface area contributed by atoms with Crippen LogP contribution in [0.15, 0.2) is 0 Å². The zero-order valence-corrected chi connectivity index (χ0v) is 12.1. The van der Waals surface area contributed by atoms with Gasteiger partial charge in [-0.1, -0.05) is 13.3 Å². The van der Waals surface area contributed by atoms with Crippen LogP contribution in [0.3, 0.4) is 0 Å². The summed E-state index contributed by atoms with van der Waals surface area (Å²) in [6.45, 7) is 6.06. The molecule has 2 rings (SSSR count). The predicted molar refractivity (Wildman–Crippen MR) is 72.6 cm³/mol. The fraction of sp³-hybridized carbons (Fsp3) is 1.00. The predicted octanol–water partition coefficient (Wildman–Crippen LogP) is 0.696. The van der Waals surface area contributed by atoms with E-state index in [1.807, 2.05) is 0 Å². The molecule has 0 saturated carbocycles. The molecule has 0 aliphatic carbocycles. The summed E-state index contributed by atoms with van der Waals surface area (Å²) in [5, 5.41) is 3.31. The number of piperidine rings is 2. The quantitative estimate of drug-likeness (QED) is 0.794. The van der Waals surface area contributed by atoms with Crippen LogP contribution in [0.2, 0.25) is 0 Å². The third-order valence-electron chi connectivity index (χ3n) is 4.15. The van der Waals surface area contributed by atoms with E-state index in [4.69, 9.17) is 0 Å². The molecule has 5 nitrogen and oxygen atoms in total. The molecule has 0 aromatic carbocycles. The Morgan fingerprint density at radius 1 is 1.17 bits per heavy atom. The molecule has 2 fully saturated rings. The largest absolute Gasteiger partial charge is 0.317 e. The number of hydrogen-bond donors (Lipinski definition) is 2. The zero-order chi connectivity index (χ0) is 13.1. The van der Waals surface area contributed by atoms with E-state index < -0.39 is 10.2 Å². The maximum Gasteiger partial charge on any atom is 0.279 e. The molecule has 0 unspecified atom stereocenters. The normalized spacial score (nSPS) is 26.1. The van der Waals surface area contributed by atoms with Crippen molar-refractivity contribution in [3.63, 3.8) is 0 Å².